The van der Waals surface area contributed by atoms with Gasteiger partial charge < -0.3 is 29.9 Å². The molecule has 4 aliphatic carbocycles. The molecule has 41 heavy (non-hydrogen) atoms. The molecule has 0 radical (unpaired) electrons. The number of fused-ring (bicyclic) bond motifs is 5. The van der Waals surface area contributed by atoms with E-state index in [0.29, 0.717) is 17.3 Å². The van der Waals surface area contributed by atoms with E-state index in [0.717, 1.165) is 48.9 Å². The van der Waals surface area contributed by atoms with Crippen molar-refractivity contribution in [2.24, 2.45) is 58.2 Å². The van der Waals surface area contributed by atoms with Gasteiger partial charge in [-0.05, 0) is 103 Å². The summed E-state index contributed by atoms with van der Waals surface area (Å²) in [4.78, 5) is 0. The molecule has 1 heterocycles. The van der Waals surface area contributed by atoms with Gasteiger partial charge in [0.05, 0.1) is 12.7 Å². The van der Waals surface area contributed by atoms with Crippen molar-refractivity contribution in [3.63, 3.8) is 0 Å². The Hall–Kier alpha value is -0.500. The Morgan fingerprint density at radius 1 is 0.902 bits per heavy atom. The first-order valence-corrected chi connectivity index (χ1v) is 17.0. The second kappa shape index (κ2) is 12.1. The Morgan fingerprint density at radius 3 is 2.27 bits per heavy atom. The van der Waals surface area contributed by atoms with Gasteiger partial charge in [-0.2, -0.15) is 0 Å². The summed E-state index contributed by atoms with van der Waals surface area (Å²) in [5.41, 5.74) is 2.46. The summed E-state index contributed by atoms with van der Waals surface area (Å²) >= 11 is 0. The maximum absolute atomic E-state index is 10.6. The van der Waals surface area contributed by atoms with Gasteiger partial charge in [0.1, 0.15) is 24.4 Å². The molecule has 4 fully saturated rings. The first-order chi connectivity index (χ1) is 19.3. The van der Waals surface area contributed by atoms with Gasteiger partial charge in [0.2, 0.25) is 0 Å². The van der Waals surface area contributed by atoms with Crippen molar-refractivity contribution in [2.45, 2.75) is 143 Å². The van der Waals surface area contributed by atoms with E-state index in [4.69, 9.17) is 9.47 Å². The highest BCUT2D eigenvalue weighted by Gasteiger charge is 2.59. The van der Waals surface area contributed by atoms with E-state index in [9.17, 15) is 20.4 Å². The molecule has 0 aromatic rings. The molecule has 0 spiro atoms. The van der Waals surface area contributed by atoms with E-state index >= 15 is 0 Å². The van der Waals surface area contributed by atoms with Crippen LogP contribution in [-0.2, 0) is 9.47 Å². The molecule has 0 bridgehead atoms. The molecule has 5 aliphatic rings. The quantitative estimate of drug-likeness (QED) is 0.277. The van der Waals surface area contributed by atoms with Crippen LogP contribution in [0.1, 0.15) is 106 Å². The van der Waals surface area contributed by atoms with Crippen molar-refractivity contribution in [1.82, 2.24) is 0 Å². The predicted molar refractivity (Wildman–Crippen MR) is 161 cm³/mol. The molecule has 4 N–H and O–H groups in total. The molecule has 15 atom stereocenters. The molecule has 1 aliphatic heterocycles. The predicted octanol–water partition coefficient (Wildman–Crippen LogP) is 5.70. The Kier molecular flexibility index (Phi) is 9.43. The third-order valence-corrected chi connectivity index (χ3v) is 13.7. The molecular formula is C35H60O6. The van der Waals surface area contributed by atoms with Crippen LogP contribution in [0.2, 0.25) is 0 Å². The van der Waals surface area contributed by atoms with Gasteiger partial charge in [-0.1, -0.05) is 73.0 Å². The maximum Gasteiger partial charge on any atom is 0.186 e. The van der Waals surface area contributed by atoms with Crippen molar-refractivity contribution in [1.29, 1.82) is 0 Å². The minimum atomic E-state index is -1.40. The number of rotatable bonds is 8. The van der Waals surface area contributed by atoms with E-state index in [-0.39, 0.29) is 17.4 Å². The Balaban J connectivity index is 1.27. The fourth-order valence-electron chi connectivity index (χ4n) is 10.5. The van der Waals surface area contributed by atoms with Gasteiger partial charge in [0, 0.05) is 0 Å². The van der Waals surface area contributed by atoms with Crippen LogP contribution < -0.4 is 0 Å². The van der Waals surface area contributed by atoms with E-state index in [1.807, 2.05) is 0 Å². The van der Waals surface area contributed by atoms with Crippen molar-refractivity contribution in [2.75, 3.05) is 6.61 Å². The lowest BCUT2D eigenvalue weighted by Gasteiger charge is -2.60. The molecular weight excluding hydrogens is 516 g/mol. The largest absolute Gasteiger partial charge is 0.394 e. The lowest BCUT2D eigenvalue weighted by Crippen LogP contribution is -2.60. The second-order valence-corrected chi connectivity index (χ2v) is 15.9. The molecule has 1 saturated heterocycles. The summed E-state index contributed by atoms with van der Waals surface area (Å²) in [5, 5.41) is 40.6. The van der Waals surface area contributed by atoms with Crippen molar-refractivity contribution in [3.8, 4) is 0 Å². The highest BCUT2D eigenvalue weighted by molar-refractivity contribution is 5.28. The fraction of sp³-hybridized carbons (Fsp3) is 0.943. The summed E-state index contributed by atoms with van der Waals surface area (Å²) in [6.07, 6.45) is 7.61. The second-order valence-electron chi connectivity index (χ2n) is 15.9. The standard InChI is InChI=1S/C35H60O6/c1-19(2)20(3)8-9-21(4)24-12-13-26-23-10-11-25-22(5)28(15-17-35(25,7)27(23)14-16-34(24,26)6)40-33-32(39)31(38)30(37)29(18-36)41-33/h10,19-22,24-33,36-39H,8-9,11-18H2,1-7H3/t20-,21+,22?,24+,25?,26-,27-,28?,29+,30+,31-,32+,33?,34+,35-/m0/s1. The van der Waals surface area contributed by atoms with Gasteiger partial charge in [-0.15, -0.1) is 0 Å². The summed E-state index contributed by atoms with van der Waals surface area (Å²) in [7, 11) is 0. The van der Waals surface area contributed by atoms with E-state index in [2.05, 4.69) is 54.5 Å². The van der Waals surface area contributed by atoms with Crippen LogP contribution in [-0.4, -0.2) is 63.8 Å². The fourth-order valence-corrected chi connectivity index (χ4v) is 10.5. The van der Waals surface area contributed by atoms with Gasteiger partial charge in [0.15, 0.2) is 6.29 Å². The van der Waals surface area contributed by atoms with E-state index in [1.165, 1.54) is 38.5 Å². The zero-order chi connectivity index (χ0) is 29.9. The van der Waals surface area contributed by atoms with Crippen LogP contribution in [0.5, 0.6) is 0 Å². The van der Waals surface area contributed by atoms with E-state index < -0.39 is 37.3 Å². The molecule has 0 amide bonds. The summed E-state index contributed by atoms with van der Waals surface area (Å²) in [6, 6.07) is 0. The van der Waals surface area contributed by atoms with Crippen LogP contribution in [0, 0.1) is 58.2 Å². The Morgan fingerprint density at radius 2 is 1.59 bits per heavy atom. The van der Waals surface area contributed by atoms with Crippen molar-refractivity contribution < 1.29 is 29.9 Å². The third kappa shape index (κ3) is 5.50. The SMILES string of the molecule is CC1C(OC2O[C@H](CO)[C@@H](O)[C@H](O)[C@H]2O)CC[C@@]2(C)C1CC=C1[C@@H]3CC[C@H]([C@H](C)CC[C@H](C)C(C)C)[C@@]3(C)CC[C@@H]12. The normalized spacial score (nSPS) is 49.6. The lowest BCUT2D eigenvalue weighted by atomic mass is 9.46. The topological polar surface area (TPSA) is 99.4 Å². The number of hydrogen-bond acceptors (Lipinski definition) is 6. The van der Waals surface area contributed by atoms with Crippen LogP contribution in [0.4, 0.5) is 0 Å². The average molecular weight is 577 g/mol. The molecule has 0 aromatic heterocycles. The van der Waals surface area contributed by atoms with Gasteiger partial charge in [0.25, 0.3) is 0 Å². The zero-order valence-electron chi connectivity index (χ0n) is 26.8. The molecule has 3 saturated carbocycles. The number of hydrogen-bond donors (Lipinski definition) is 4. The first kappa shape index (κ1) is 31.9. The Labute approximate surface area is 249 Å². The molecule has 5 rings (SSSR count). The van der Waals surface area contributed by atoms with E-state index in [1.54, 1.807) is 5.57 Å². The minimum absolute atomic E-state index is 0.0942. The average Bonchev–Trinajstić information content (AvgIpc) is 3.30. The molecule has 4 unspecified atom stereocenters. The lowest BCUT2D eigenvalue weighted by molar-refractivity contribution is -0.320. The molecule has 0 aromatic carbocycles. The Bertz CT molecular complexity index is 934. The van der Waals surface area contributed by atoms with Gasteiger partial charge >= 0.3 is 0 Å². The van der Waals surface area contributed by atoms with Crippen LogP contribution in [0.15, 0.2) is 11.6 Å². The molecule has 6 heteroatoms. The van der Waals surface area contributed by atoms with Crippen molar-refractivity contribution >= 4 is 0 Å². The van der Waals surface area contributed by atoms with Gasteiger partial charge in [-0.25, -0.2) is 0 Å². The smallest absolute Gasteiger partial charge is 0.186 e. The zero-order valence-corrected chi connectivity index (χ0v) is 26.8. The van der Waals surface area contributed by atoms with Crippen LogP contribution >= 0.6 is 0 Å². The van der Waals surface area contributed by atoms with Gasteiger partial charge in [-0.3, -0.25) is 0 Å². The highest BCUT2D eigenvalue weighted by Crippen LogP contribution is 2.67. The minimum Gasteiger partial charge on any atom is -0.394 e. The van der Waals surface area contributed by atoms with Crippen LogP contribution in [0.3, 0.4) is 0 Å². The molecule has 236 valence electrons. The number of ether oxygens (including phenoxy) is 2. The highest BCUT2D eigenvalue weighted by atomic mass is 16.7. The molecule has 6 nitrogen and oxygen atoms in total. The monoisotopic (exact) mass is 576 g/mol. The summed E-state index contributed by atoms with van der Waals surface area (Å²) < 4.78 is 12.1. The number of allylic oxidation sites excluding steroid dienone is 2. The maximum atomic E-state index is 10.6. The summed E-state index contributed by atoms with van der Waals surface area (Å²) in [6.45, 7) is 16.7. The summed E-state index contributed by atoms with van der Waals surface area (Å²) in [5.74, 6) is 5.36. The third-order valence-electron chi connectivity index (χ3n) is 13.7. The van der Waals surface area contributed by atoms with Crippen LogP contribution in [0.25, 0.3) is 0 Å². The first-order valence-electron chi connectivity index (χ1n) is 17.0. The number of aliphatic hydroxyl groups is 4. The number of aliphatic hydroxyl groups excluding tert-OH is 4. The van der Waals surface area contributed by atoms with Crippen molar-refractivity contribution in [3.05, 3.63) is 11.6 Å².